The molecule has 33 heavy (non-hydrogen) atoms. The molecule has 0 aromatic heterocycles. The van der Waals surface area contributed by atoms with Crippen molar-refractivity contribution in [2.75, 3.05) is 20.3 Å². The first-order valence-corrected chi connectivity index (χ1v) is 10.7. The maximum Gasteiger partial charge on any atom is 0.311 e. The van der Waals surface area contributed by atoms with Gasteiger partial charge in [0.05, 0.1) is 12.0 Å². The lowest BCUT2D eigenvalue weighted by molar-refractivity contribution is -0.385. The fraction of sp³-hybridized carbons (Fsp3) is 0.417. The maximum absolute atomic E-state index is 13.1. The van der Waals surface area contributed by atoms with Gasteiger partial charge in [-0.25, -0.2) is 0 Å². The van der Waals surface area contributed by atoms with E-state index in [1.165, 1.54) is 30.2 Å². The van der Waals surface area contributed by atoms with E-state index in [0.717, 1.165) is 11.1 Å². The Bertz CT molecular complexity index is 992. The van der Waals surface area contributed by atoms with Gasteiger partial charge in [0, 0.05) is 25.2 Å². The van der Waals surface area contributed by atoms with Crippen molar-refractivity contribution < 1.29 is 24.0 Å². The molecule has 0 aliphatic carbocycles. The molecule has 2 amide bonds. The first-order chi connectivity index (χ1) is 15.6. The van der Waals surface area contributed by atoms with Crippen LogP contribution in [-0.4, -0.2) is 47.9 Å². The number of nitro groups is 1. The Balaban J connectivity index is 2.18. The predicted octanol–water partition coefficient (Wildman–Crippen LogP) is 3.48. The summed E-state index contributed by atoms with van der Waals surface area (Å²) >= 11 is 0. The summed E-state index contributed by atoms with van der Waals surface area (Å²) in [4.78, 5) is 37.8. The number of nitrogens with one attached hydrogen (secondary N) is 1. The zero-order valence-corrected chi connectivity index (χ0v) is 19.7. The third kappa shape index (κ3) is 7.48. The SMILES string of the molecule is COc1cc(OCC(=O)N(Cc2cccc(C)c2)[C@H](C)C(=O)NCC(C)C)ccc1[N+](=O)[O-]. The lowest BCUT2D eigenvalue weighted by Gasteiger charge is -2.29. The lowest BCUT2D eigenvalue weighted by Crippen LogP contribution is -2.49. The Kier molecular flexibility index (Phi) is 9.20. The molecule has 0 saturated heterocycles. The van der Waals surface area contributed by atoms with Gasteiger partial charge in [-0.2, -0.15) is 0 Å². The molecule has 0 aliphatic heterocycles. The minimum Gasteiger partial charge on any atom is -0.490 e. The van der Waals surface area contributed by atoms with Gasteiger partial charge in [0.1, 0.15) is 11.8 Å². The van der Waals surface area contributed by atoms with Crippen molar-refractivity contribution in [3.63, 3.8) is 0 Å². The number of hydrogen-bond donors (Lipinski definition) is 1. The summed E-state index contributed by atoms with van der Waals surface area (Å²) in [5, 5.41) is 13.9. The van der Waals surface area contributed by atoms with E-state index in [4.69, 9.17) is 9.47 Å². The molecule has 178 valence electrons. The summed E-state index contributed by atoms with van der Waals surface area (Å²) in [6, 6.07) is 11.0. The zero-order valence-electron chi connectivity index (χ0n) is 19.7. The van der Waals surface area contributed by atoms with Crippen LogP contribution in [0.5, 0.6) is 11.5 Å². The van der Waals surface area contributed by atoms with Crippen molar-refractivity contribution in [2.45, 2.75) is 40.3 Å². The molecule has 2 aromatic rings. The van der Waals surface area contributed by atoms with Crippen LogP contribution >= 0.6 is 0 Å². The number of amides is 2. The largest absolute Gasteiger partial charge is 0.490 e. The number of benzene rings is 2. The van der Waals surface area contributed by atoms with Gasteiger partial charge < -0.3 is 19.7 Å². The van der Waals surface area contributed by atoms with Gasteiger partial charge in [-0.05, 0) is 31.4 Å². The van der Waals surface area contributed by atoms with E-state index in [0.29, 0.717) is 6.54 Å². The Hall–Kier alpha value is -3.62. The van der Waals surface area contributed by atoms with Crippen molar-refractivity contribution in [1.29, 1.82) is 0 Å². The van der Waals surface area contributed by atoms with Crippen LogP contribution in [0.4, 0.5) is 5.69 Å². The fourth-order valence-electron chi connectivity index (χ4n) is 3.17. The average molecular weight is 458 g/mol. The molecule has 0 unspecified atom stereocenters. The molecule has 1 atom stereocenters. The molecule has 0 bridgehead atoms. The van der Waals surface area contributed by atoms with E-state index in [-0.39, 0.29) is 48.1 Å². The normalized spacial score (nSPS) is 11.6. The highest BCUT2D eigenvalue weighted by atomic mass is 16.6. The van der Waals surface area contributed by atoms with E-state index in [1.807, 2.05) is 45.0 Å². The van der Waals surface area contributed by atoms with Crippen LogP contribution in [0, 0.1) is 23.0 Å². The number of nitrogens with zero attached hydrogens (tertiary/aromatic N) is 2. The summed E-state index contributed by atoms with van der Waals surface area (Å²) in [6.07, 6.45) is 0. The molecule has 0 aliphatic rings. The van der Waals surface area contributed by atoms with Gasteiger partial charge in [0.2, 0.25) is 11.7 Å². The number of carbonyl (C=O) groups excluding carboxylic acids is 2. The van der Waals surface area contributed by atoms with Gasteiger partial charge in [-0.15, -0.1) is 0 Å². The predicted molar refractivity (Wildman–Crippen MR) is 124 cm³/mol. The summed E-state index contributed by atoms with van der Waals surface area (Å²) < 4.78 is 10.6. The number of carbonyl (C=O) groups is 2. The monoisotopic (exact) mass is 457 g/mol. The lowest BCUT2D eigenvalue weighted by atomic mass is 10.1. The number of rotatable bonds is 11. The molecule has 0 spiro atoms. The smallest absolute Gasteiger partial charge is 0.311 e. The Morgan fingerprint density at radius 1 is 1.15 bits per heavy atom. The van der Waals surface area contributed by atoms with Crippen LogP contribution in [0.2, 0.25) is 0 Å². The first kappa shape index (κ1) is 25.6. The van der Waals surface area contributed by atoms with E-state index >= 15 is 0 Å². The molecular weight excluding hydrogens is 426 g/mol. The van der Waals surface area contributed by atoms with Crippen LogP contribution in [0.3, 0.4) is 0 Å². The van der Waals surface area contributed by atoms with Gasteiger partial charge in [0.15, 0.2) is 6.61 Å². The molecule has 0 saturated carbocycles. The molecule has 2 rings (SSSR count). The molecular formula is C24H31N3O6. The highest BCUT2D eigenvalue weighted by Gasteiger charge is 2.27. The topological polar surface area (TPSA) is 111 Å². The molecule has 0 radical (unpaired) electrons. The van der Waals surface area contributed by atoms with Crippen LogP contribution in [0.15, 0.2) is 42.5 Å². The minimum absolute atomic E-state index is 0.0306. The third-order valence-electron chi connectivity index (χ3n) is 5.00. The second kappa shape index (κ2) is 11.8. The number of nitro benzene ring substituents is 1. The molecule has 1 N–H and O–H groups in total. The van der Waals surface area contributed by atoms with Crippen molar-refractivity contribution >= 4 is 17.5 Å². The highest BCUT2D eigenvalue weighted by Crippen LogP contribution is 2.30. The second-order valence-electron chi connectivity index (χ2n) is 8.21. The summed E-state index contributed by atoms with van der Waals surface area (Å²) in [7, 11) is 1.32. The quantitative estimate of drug-likeness (QED) is 0.409. The maximum atomic E-state index is 13.1. The Morgan fingerprint density at radius 2 is 1.88 bits per heavy atom. The number of hydrogen-bond acceptors (Lipinski definition) is 6. The van der Waals surface area contributed by atoms with Gasteiger partial charge in [-0.3, -0.25) is 19.7 Å². The molecule has 9 nitrogen and oxygen atoms in total. The van der Waals surface area contributed by atoms with E-state index in [9.17, 15) is 19.7 Å². The Morgan fingerprint density at radius 3 is 2.48 bits per heavy atom. The highest BCUT2D eigenvalue weighted by molar-refractivity contribution is 5.88. The van der Waals surface area contributed by atoms with Gasteiger partial charge in [-0.1, -0.05) is 43.7 Å². The van der Waals surface area contributed by atoms with Crippen LogP contribution in [0.1, 0.15) is 31.9 Å². The van der Waals surface area contributed by atoms with Crippen LogP contribution in [0.25, 0.3) is 0 Å². The van der Waals surface area contributed by atoms with Crippen LogP contribution in [-0.2, 0) is 16.1 Å². The van der Waals surface area contributed by atoms with Gasteiger partial charge >= 0.3 is 5.69 Å². The van der Waals surface area contributed by atoms with E-state index in [2.05, 4.69) is 5.32 Å². The Labute approximate surface area is 193 Å². The second-order valence-corrected chi connectivity index (χ2v) is 8.21. The van der Waals surface area contributed by atoms with Crippen molar-refractivity contribution in [3.05, 3.63) is 63.7 Å². The molecule has 2 aromatic carbocycles. The third-order valence-corrected chi connectivity index (χ3v) is 5.00. The van der Waals surface area contributed by atoms with E-state index in [1.54, 1.807) is 6.92 Å². The fourth-order valence-corrected chi connectivity index (χ4v) is 3.17. The van der Waals surface area contributed by atoms with Crippen LogP contribution < -0.4 is 14.8 Å². The standard InChI is InChI=1S/C24H31N3O6/c1-16(2)13-25-24(29)18(4)26(14-19-8-6-7-17(3)11-19)23(28)15-33-20-9-10-21(27(30)31)22(12-20)32-5/h6-12,16,18H,13-15H2,1-5H3,(H,25,29)/t18-/m1/s1. The minimum atomic E-state index is -0.716. The average Bonchev–Trinajstić information content (AvgIpc) is 2.78. The van der Waals surface area contributed by atoms with Crippen molar-refractivity contribution in [2.24, 2.45) is 5.92 Å². The zero-order chi connectivity index (χ0) is 24.5. The van der Waals surface area contributed by atoms with Crippen molar-refractivity contribution in [3.8, 4) is 11.5 Å². The first-order valence-electron chi connectivity index (χ1n) is 10.7. The molecule has 0 fully saturated rings. The van der Waals surface area contributed by atoms with E-state index < -0.39 is 11.0 Å². The number of ether oxygens (including phenoxy) is 2. The van der Waals surface area contributed by atoms with Gasteiger partial charge in [0.25, 0.3) is 5.91 Å². The molecule has 0 heterocycles. The summed E-state index contributed by atoms with van der Waals surface area (Å²) in [6.45, 7) is 8.03. The summed E-state index contributed by atoms with van der Waals surface area (Å²) in [5.74, 6) is -0.0773. The summed E-state index contributed by atoms with van der Waals surface area (Å²) in [5.41, 5.74) is 1.74. The number of aryl methyl sites for hydroxylation is 1. The molecule has 9 heteroatoms. The number of methoxy groups -OCH3 is 1. The van der Waals surface area contributed by atoms with Crippen molar-refractivity contribution in [1.82, 2.24) is 10.2 Å².